The molecule has 1 aliphatic heterocycles. The lowest BCUT2D eigenvalue weighted by atomic mass is 10.1. The van der Waals surface area contributed by atoms with Gasteiger partial charge in [0, 0.05) is 23.4 Å². The molecule has 1 unspecified atom stereocenters. The fraction of sp³-hybridized carbons (Fsp3) is 0.227. The van der Waals surface area contributed by atoms with Gasteiger partial charge in [0.1, 0.15) is 5.69 Å². The van der Waals surface area contributed by atoms with Gasteiger partial charge in [-0.2, -0.15) is 10.2 Å². The average molecular weight is 454 g/mol. The summed E-state index contributed by atoms with van der Waals surface area (Å²) >= 11 is 5.25. The predicted octanol–water partition coefficient (Wildman–Crippen LogP) is 2.83. The van der Waals surface area contributed by atoms with Crippen LogP contribution in [0.25, 0.3) is 16.9 Å². The molecular formula is C22H23N5O2S2. The highest BCUT2D eigenvalue weighted by Crippen LogP contribution is 2.23. The Morgan fingerprint density at radius 1 is 1.19 bits per heavy atom. The summed E-state index contributed by atoms with van der Waals surface area (Å²) in [6, 6.07) is 17.8. The van der Waals surface area contributed by atoms with Gasteiger partial charge >= 0.3 is 0 Å². The first kappa shape index (κ1) is 21.2. The molecule has 0 aliphatic carbocycles. The molecule has 0 bridgehead atoms. The zero-order valence-corrected chi connectivity index (χ0v) is 18.7. The number of rotatable bonds is 5. The monoisotopic (exact) mass is 453 g/mol. The van der Waals surface area contributed by atoms with Crippen LogP contribution in [0.1, 0.15) is 17.5 Å². The van der Waals surface area contributed by atoms with Crippen LogP contribution >= 0.6 is 12.2 Å². The van der Waals surface area contributed by atoms with Gasteiger partial charge in [0.2, 0.25) is 0 Å². The number of hydrazone groups is 1. The van der Waals surface area contributed by atoms with E-state index in [1.165, 1.54) is 5.56 Å². The van der Waals surface area contributed by atoms with Crippen LogP contribution in [0.15, 0.2) is 65.9 Å². The van der Waals surface area contributed by atoms with Crippen LogP contribution in [0.5, 0.6) is 0 Å². The number of nitrogens with zero attached hydrogens (tertiary/aromatic N) is 3. The molecule has 2 aromatic carbocycles. The SMILES string of the molecule is Cc1ccc(-c2nn(-c3ccccc3)cc2C=NNC(=S)NC2CCS(=O)(=O)C2)cc1. The third kappa shape index (κ3) is 5.36. The Balaban J connectivity index is 1.53. The molecule has 9 heteroatoms. The number of nitrogens with one attached hydrogen (secondary N) is 2. The third-order valence-electron chi connectivity index (χ3n) is 5.03. The minimum Gasteiger partial charge on any atom is -0.358 e. The number of hydrogen-bond acceptors (Lipinski definition) is 5. The zero-order chi connectivity index (χ0) is 21.8. The quantitative estimate of drug-likeness (QED) is 0.351. The first-order valence-electron chi connectivity index (χ1n) is 9.92. The summed E-state index contributed by atoms with van der Waals surface area (Å²) in [5, 5.41) is 12.3. The van der Waals surface area contributed by atoms with Crippen LogP contribution in [0.4, 0.5) is 0 Å². The molecule has 31 heavy (non-hydrogen) atoms. The van der Waals surface area contributed by atoms with Gasteiger partial charge < -0.3 is 5.32 Å². The van der Waals surface area contributed by atoms with E-state index in [1.54, 1.807) is 6.21 Å². The van der Waals surface area contributed by atoms with E-state index in [4.69, 9.17) is 17.3 Å². The Morgan fingerprint density at radius 2 is 1.94 bits per heavy atom. The van der Waals surface area contributed by atoms with Crippen LogP contribution in [0, 0.1) is 6.92 Å². The number of aromatic nitrogens is 2. The normalized spacial score (nSPS) is 17.6. The number of thiocarbonyl (C=S) groups is 1. The molecule has 3 aromatic rings. The second-order valence-corrected chi connectivity index (χ2v) is 10.2. The van der Waals surface area contributed by atoms with Crippen molar-refractivity contribution < 1.29 is 8.42 Å². The fourth-order valence-electron chi connectivity index (χ4n) is 3.42. The maximum absolute atomic E-state index is 11.6. The van der Waals surface area contributed by atoms with E-state index in [0.29, 0.717) is 11.5 Å². The summed E-state index contributed by atoms with van der Waals surface area (Å²) < 4.78 is 25.0. The average Bonchev–Trinajstić information content (AvgIpc) is 3.32. The summed E-state index contributed by atoms with van der Waals surface area (Å²) in [6.07, 6.45) is 4.13. The second kappa shape index (κ2) is 8.99. The van der Waals surface area contributed by atoms with E-state index in [2.05, 4.69) is 15.8 Å². The Hall–Kier alpha value is -3.04. The van der Waals surface area contributed by atoms with E-state index < -0.39 is 9.84 Å². The first-order chi connectivity index (χ1) is 14.9. The summed E-state index contributed by atoms with van der Waals surface area (Å²) in [7, 11) is -2.97. The Kier molecular flexibility index (Phi) is 6.15. The van der Waals surface area contributed by atoms with Gasteiger partial charge in [0.25, 0.3) is 0 Å². The van der Waals surface area contributed by atoms with Gasteiger partial charge in [0.15, 0.2) is 14.9 Å². The lowest BCUT2D eigenvalue weighted by molar-refractivity contribution is 0.600. The second-order valence-electron chi connectivity index (χ2n) is 7.52. The molecule has 0 spiro atoms. The molecule has 1 aromatic heterocycles. The molecule has 160 valence electrons. The Bertz CT molecular complexity index is 1200. The number of aryl methyl sites for hydroxylation is 1. The van der Waals surface area contributed by atoms with Gasteiger partial charge in [-0.1, -0.05) is 48.0 Å². The van der Waals surface area contributed by atoms with Crippen molar-refractivity contribution in [3.63, 3.8) is 0 Å². The zero-order valence-electron chi connectivity index (χ0n) is 17.0. The van der Waals surface area contributed by atoms with Crippen molar-refractivity contribution in [3.8, 4) is 16.9 Å². The van der Waals surface area contributed by atoms with Crippen LogP contribution in [-0.4, -0.2) is 47.1 Å². The number of benzene rings is 2. The summed E-state index contributed by atoms with van der Waals surface area (Å²) in [6.45, 7) is 2.04. The number of hydrogen-bond donors (Lipinski definition) is 2. The van der Waals surface area contributed by atoms with E-state index in [0.717, 1.165) is 22.5 Å². The molecular weight excluding hydrogens is 430 g/mol. The maximum atomic E-state index is 11.6. The van der Waals surface area contributed by atoms with Gasteiger partial charge in [-0.05, 0) is 37.7 Å². The molecule has 2 N–H and O–H groups in total. The topological polar surface area (TPSA) is 88.4 Å². The first-order valence-corrected chi connectivity index (χ1v) is 12.1. The smallest absolute Gasteiger partial charge is 0.187 e. The molecule has 0 amide bonds. The van der Waals surface area contributed by atoms with Crippen molar-refractivity contribution in [2.24, 2.45) is 5.10 Å². The molecule has 1 atom stereocenters. The van der Waals surface area contributed by atoms with E-state index in [9.17, 15) is 8.42 Å². The van der Waals surface area contributed by atoms with Crippen LogP contribution in [-0.2, 0) is 9.84 Å². The minimum absolute atomic E-state index is 0.0972. The van der Waals surface area contributed by atoms with Crippen molar-refractivity contribution in [2.75, 3.05) is 11.5 Å². The lowest BCUT2D eigenvalue weighted by Crippen LogP contribution is -2.40. The van der Waals surface area contributed by atoms with Gasteiger partial charge in [0.05, 0.1) is 23.4 Å². The predicted molar refractivity (Wildman–Crippen MR) is 127 cm³/mol. The van der Waals surface area contributed by atoms with Gasteiger partial charge in [-0.25, -0.2) is 13.1 Å². The molecule has 2 heterocycles. The summed E-state index contributed by atoms with van der Waals surface area (Å²) in [4.78, 5) is 0. The highest BCUT2D eigenvalue weighted by Gasteiger charge is 2.28. The minimum atomic E-state index is -2.97. The third-order valence-corrected chi connectivity index (χ3v) is 7.00. The van der Waals surface area contributed by atoms with Gasteiger partial charge in [-0.15, -0.1) is 0 Å². The molecule has 0 radical (unpaired) electrons. The molecule has 7 nitrogen and oxygen atoms in total. The Morgan fingerprint density at radius 3 is 2.61 bits per heavy atom. The van der Waals surface area contributed by atoms with E-state index in [-0.39, 0.29) is 17.5 Å². The molecule has 1 saturated heterocycles. The largest absolute Gasteiger partial charge is 0.358 e. The van der Waals surface area contributed by atoms with Crippen LogP contribution in [0.2, 0.25) is 0 Å². The van der Waals surface area contributed by atoms with Crippen molar-refractivity contribution in [3.05, 3.63) is 71.9 Å². The van der Waals surface area contributed by atoms with Crippen LogP contribution in [0.3, 0.4) is 0 Å². The van der Waals surface area contributed by atoms with E-state index in [1.807, 2.05) is 72.4 Å². The molecule has 1 aliphatic rings. The Labute approximate surface area is 187 Å². The van der Waals surface area contributed by atoms with Crippen molar-refractivity contribution in [2.45, 2.75) is 19.4 Å². The standard InChI is InChI=1S/C22H23N5O2S2/c1-16-7-9-17(10-8-16)21-18(14-27(26-21)20-5-3-2-4-6-20)13-23-25-22(30)24-19-11-12-31(28,29)15-19/h2-10,13-14,19H,11-12,15H2,1H3,(H2,24,25,30). The van der Waals surface area contributed by atoms with Crippen LogP contribution < -0.4 is 10.7 Å². The molecule has 1 fully saturated rings. The lowest BCUT2D eigenvalue weighted by Gasteiger charge is -2.11. The summed E-state index contributed by atoms with van der Waals surface area (Å²) in [5.74, 6) is 0.287. The van der Waals surface area contributed by atoms with E-state index >= 15 is 0 Å². The van der Waals surface area contributed by atoms with Crippen molar-refractivity contribution in [1.29, 1.82) is 0 Å². The maximum Gasteiger partial charge on any atom is 0.187 e. The summed E-state index contributed by atoms with van der Waals surface area (Å²) in [5.41, 5.74) is 7.51. The highest BCUT2D eigenvalue weighted by atomic mass is 32.2. The molecule has 0 saturated carbocycles. The van der Waals surface area contributed by atoms with Gasteiger partial charge in [-0.3, -0.25) is 5.43 Å². The number of sulfone groups is 1. The number of para-hydroxylation sites is 1. The molecule has 4 rings (SSSR count). The fourth-order valence-corrected chi connectivity index (χ4v) is 5.31. The van der Waals surface area contributed by atoms with Crippen molar-refractivity contribution >= 4 is 33.4 Å². The highest BCUT2D eigenvalue weighted by molar-refractivity contribution is 7.91. The van der Waals surface area contributed by atoms with Crippen molar-refractivity contribution in [1.82, 2.24) is 20.5 Å².